The van der Waals surface area contributed by atoms with E-state index >= 15 is 0 Å². The summed E-state index contributed by atoms with van der Waals surface area (Å²) in [6.45, 7) is 0. The number of carbonyl (C=O) groups is 1. The van der Waals surface area contributed by atoms with E-state index in [1.165, 1.54) is 11.8 Å². The van der Waals surface area contributed by atoms with Crippen molar-refractivity contribution in [2.45, 2.75) is 14.8 Å². The molecule has 0 unspecified atom stereocenters. The van der Waals surface area contributed by atoms with Crippen LogP contribution in [0.25, 0.3) is 0 Å². The minimum Gasteiger partial charge on any atom is -0.497 e. The van der Waals surface area contributed by atoms with Gasteiger partial charge in [0.05, 0.1) is 12.1 Å². The SMILES string of the molecule is COc1ccc(Sc2ccc(S)nc2C(=O)O)cc1. The molecule has 0 spiro atoms. The van der Waals surface area contributed by atoms with Crippen LogP contribution in [0.2, 0.25) is 0 Å². The molecular formula is C13H11NO3S2. The molecule has 0 saturated carbocycles. The van der Waals surface area contributed by atoms with Crippen LogP contribution < -0.4 is 4.74 Å². The lowest BCUT2D eigenvalue weighted by Crippen LogP contribution is -2.02. The largest absolute Gasteiger partial charge is 0.497 e. The van der Waals surface area contributed by atoms with Gasteiger partial charge in [0.1, 0.15) is 5.75 Å². The van der Waals surface area contributed by atoms with Gasteiger partial charge in [-0.1, -0.05) is 11.8 Å². The van der Waals surface area contributed by atoms with Crippen LogP contribution in [0.3, 0.4) is 0 Å². The number of rotatable bonds is 4. The number of thiol groups is 1. The van der Waals surface area contributed by atoms with Gasteiger partial charge in [-0.2, -0.15) is 0 Å². The average Bonchev–Trinajstić information content (AvgIpc) is 2.41. The molecule has 2 rings (SSSR count). The number of methoxy groups -OCH3 is 1. The van der Waals surface area contributed by atoms with Crippen molar-refractivity contribution in [1.29, 1.82) is 0 Å². The Hall–Kier alpha value is -1.66. The number of carboxylic acid groups (broad SMARTS) is 1. The van der Waals surface area contributed by atoms with Gasteiger partial charge in [-0.05, 0) is 36.4 Å². The Morgan fingerprint density at radius 2 is 1.95 bits per heavy atom. The minimum absolute atomic E-state index is 0.00770. The second-order valence-electron chi connectivity index (χ2n) is 3.60. The number of benzene rings is 1. The molecule has 0 saturated heterocycles. The lowest BCUT2D eigenvalue weighted by Gasteiger charge is -2.06. The molecule has 1 N–H and O–H groups in total. The predicted molar refractivity (Wildman–Crippen MR) is 75.6 cm³/mol. The van der Waals surface area contributed by atoms with E-state index in [4.69, 9.17) is 9.84 Å². The van der Waals surface area contributed by atoms with Gasteiger partial charge in [0.15, 0.2) is 5.69 Å². The maximum atomic E-state index is 11.1. The van der Waals surface area contributed by atoms with Gasteiger partial charge >= 0.3 is 5.97 Å². The molecule has 0 aliphatic rings. The molecule has 0 bridgehead atoms. The van der Waals surface area contributed by atoms with E-state index in [1.54, 1.807) is 19.2 Å². The van der Waals surface area contributed by atoms with Crippen molar-refractivity contribution in [2.75, 3.05) is 7.11 Å². The van der Waals surface area contributed by atoms with Crippen LogP contribution in [0.15, 0.2) is 51.2 Å². The maximum Gasteiger partial charge on any atom is 0.355 e. The lowest BCUT2D eigenvalue weighted by atomic mass is 10.3. The highest BCUT2D eigenvalue weighted by molar-refractivity contribution is 7.99. The Kier molecular flexibility index (Phi) is 4.34. The molecule has 0 aliphatic heterocycles. The van der Waals surface area contributed by atoms with E-state index in [2.05, 4.69) is 17.6 Å². The molecule has 1 aromatic carbocycles. The van der Waals surface area contributed by atoms with E-state index in [-0.39, 0.29) is 5.69 Å². The van der Waals surface area contributed by atoms with E-state index in [1.807, 2.05) is 24.3 Å². The third-order valence-electron chi connectivity index (χ3n) is 2.33. The number of aromatic nitrogens is 1. The summed E-state index contributed by atoms with van der Waals surface area (Å²) in [5.41, 5.74) is 0.00770. The third kappa shape index (κ3) is 3.42. The molecule has 1 aromatic heterocycles. The Balaban J connectivity index is 2.29. The summed E-state index contributed by atoms with van der Waals surface area (Å²) in [5, 5.41) is 9.51. The first-order valence-electron chi connectivity index (χ1n) is 5.35. The van der Waals surface area contributed by atoms with Crippen LogP contribution in [-0.4, -0.2) is 23.2 Å². The van der Waals surface area contributed by atoms with E-state index in [0.717, 1.165) is 10.6 Å². The van der Waals surface area contributed by atoms with Gasteiger partial charge in [0.25, 0.3) is 0 Å². The monoisotopic (exact) mass is 293 g/mol. The van der Waals surface area contributed by atoms with Crippen molar-refractivity contribution in [2.24, 2.45) is 0 Å². The third-order valence-corrected chi connectivity index (χ3v) is 3.64. The molecule has 0 fully saturated rings. The van der Waals surface area contributed by atoms with E-state index in [0.29, 0.717) is 9.92 Å². The van der Waals surface area contributed by atoms with Gasteiger partial charge in [-0.25, -0.2) is 9.78 Å². The molecule has 19 heavy (non-hydrogen) atoms. The zero-order valence-corrected chi connectivity index (χ0v) is 11.7. The van der Waals surface area contributed by atoms with Gasteiger partial charge in [0, 0.05) is 9.79 Å². The quantitative estimate of drug-likeness (QED) is 0.848. The number of aromatic carboxylic acids is 1. The first-order chi connectivity index (χ1) is 9.10. The topological polar surface area (TPSA) is 59.4 Å². The van der Waals surface area contributed by atoms with Crippen LogP contribution in [0.1, 0.15) is 10.5 Å². The van der Waals surface area contributed by atoms with Crippen molar-refractivity contribution < 1.29 is 14.6 Å². The summed E-state index contributed by atoms with van der Waals surface area (Å²) in [6.07, 6.45) is 0. The molecule has 1 heterocycles. The second-order valence-corrected chi connectivity index (χ2v) is 5.17. The van der Waals surface area contributed by atoms with Gasteiger partial charge in [-0.3, -0.25) is 0 Å². The van der Waals surface area contributed by atoms with Crippen LogP contribution in [0.5, 0.6) is 5.75 Å². The van der Waals surface area contributed by atoms with Crippen LogP contribution in [0.4, 0.5) is 0 Å². The summed E-state index contributed by atoms with van der Waals surface area (Å²) in [5.74, 6) is -0.307. The lowest BCUT2D eigenvalue weighted by molar-refractivity contribution is 0.0685. The number of hydrogen-bond donors (Lipinski definition) is 2. The highest BCUT2D eigenvalue weighted by Crippen LogP contribution is 2.31. The fourth-order valence-corrected chi connectivity index (χ4v) is 2.51. The van der Waals surface area contributed by atoms with Crippen molar-refractivity contribution in [3.05, 3.63) is 42.1 Å². The number of carboxylic acids is 1. The Labute approximate surface area is 120 Å². The molecule has 6 heteroatoms. The fourth-order valence-electron chi connectivity index (χ4n) is 1.44. The maximum absolute atomic E-state index is 11.1. The van der Waals surface area contributed by atoms with E-state index < -0.39 is 5.97 Å². The zero-order valence-electron chi connectivity index (χ0n) is 10.0. The first kappa shape index (κ1) is 13.8. The Morgan fingerprint density at radius 3 is 2.53 bits per heavy atom. The highest BCUT2D eigenvalue weighted by Gasteiger charge is 2.13. The number of pyridine rings is 1. The van der Waals surface area contributed by atoms with Gasteiger partial charge in [-0.15, -0.1) is 12.6 Å². The van der Waals surface area contributed by atoms with Crippen LogP contribution in [0, 0.1) is 0 Å². The molecule has 0 aliphatic carbocycles. The summed E-state index contributed by atoms with van der Waals surface area (Å²) < 4.78 is 5.07. The number of ether oxygens (including phenoxy) is 1. The average molecular weight is 293 g/mol. The normalized spacial score (nSPS) is 10.2. The molecule has 0 atom stereocenters. The minimum atomic E-state index is -1.06. The summed E-state index contributed by atoms with van der Waals surface area (Å²) in [4.78, 5) is 16.5. The summed E-state index contributed by atoms with van der Waals surface area (Å²) in [6, 6.07) is 10.7. The molecule has 2 aromatic rings. The highest BCUT2D eigenvalue weighted by atomic mass is 32.2. The predicted octanol–water partition coefficient (Wildman–Crippen LogP) is 3.23. The van der Waals surface area contributed by atoms with Crippen molar-refractivity contribution in [3.63, 3.8) is 0 Å². The summed E-state index contributed by atoms with van der Waals surface area (Å²) >= 11 is 5.39. The van der Waals surface area contributed by atoms with E-state index in [9.17, 15) is 4.79 Å². The first-order valence-corrected chi connectivity index (χ1v) is 6.61. The summed E-state index contributed by atoms with van der Waals surface area (Å²) in [7, 11) is 1.60. The molecule has 0 amide bonds. The fraction of sp³-hybridized carbons (Fsp3) is 0.0769. The van der Waals surface area contributed by atoms with Crippen molar-refractivity contribution in [1.82, 2.24) is 4.98 Å². The molecule has 98 valence electrons. The molecule has 0 radical (unpaired) electrons. The van der Waals surface area contributed by atoms with Crippen LogP contribution >= 0.6 is 24.4 Å². The smallest absolute Gasteiger partial charge is 0.355 e. The van der Waals surface area contributed by atoms with Crippen LogP contribution in [-0.2, 0) is 0 Å². The standard InChI is InChI=1S/C13H11NO3S2/c1-17-8-2-4-9(5-3-8)19-10-6-7-11(18)14-12(10)13(15)16/h2-7H,1H3,(H,14,18)(H,15,16). The Bertz CT molecular complexity index is 599. The van der Waals surface area contributed by atoms with Gasteiger partial charge in [0.2, 0.25) is 0 Å². The van der Waals surface area contributed by atoms with Crippen molar-refractivity contribution >= 4 is 30.4 Å². The number of hydrogen-bond acceptors (Lipinski definition) is 5. The molecular weight excluding hydrogens is 282 g/mol. The van der Waals surface area contributed by atoms with Gasteiger partial charge < -0.3 is 9.84 Å². The number of nitrogens with zero attached hydrogens (tertiary/aromatic N) is 1. The molecule has 4 nitrogen and oxygen atoms in total. The Morgan fingerprint density at radius 1 is 1.26 bits per heavy atom. The van der Waals surface area contributed by atoms with Crippen molar-refractivity contribution in [3.8, 4) is 5.75 Å². The second kappa shape index (κ2) is 5.99. The zero-order chi connectivity index (χ0) is 13.8.